The van der Waals surface area contributed by atoms with Gasteiger partial charge in [0.15, 0.2) is 0 Å². The van der Waals surface area contributed by atoms with Crippen LogP contribution in [0, 0.1) is 0 Å². The first-order chi connectivity index (χ1) is 7.22. The topological polar surface area (TPSA) is 64.1 Å². The molecule has 0 bridgehead atoms. The lowest BCUT2D eigenvalue weighted by atomic mass is 10.5. The minimum absolute atomic E-state index is 0.534. The second-order valence-corrected chi connectivity index (χ2v) is 4.53. The molecule has 84 valence electrons. The Kier molecular flexibility index (Phi) is 5.03. The van der Waals surface area contributed by atoms with Gasteiger partial charge in [-0.1, -0.05) is 0 Å². The summed E-state index contributed by atoms with van der Waals surface area (Å²) in [5, 5.41) is 3.04. The highest BCUT2D eigenvalue weighted by molar-refractivity contribution is 7.84. The van der Waals surface area contributed by atoms with Gasteiger partial charge in [-0.15, -0.1) is 0 Å². The molecule has 1 heterocycles. The Labute approximate surface area is 91.7 Å². The first-order valence-corrected chi connectivity index (χ1v) is 6.36. The molecule has 0 radical (unpaired) electrons. The maximum absolute atomic E-state index is 10.8. The van der Waals surface area contributed by atoms with E-state index in [0.717, 1.165) is 6.42 Å². The molecule has 1 N–H and O–H groups in total. The van der Waals surface area contributed by atoms with Crippen molar-refractivity contribution in [1.82, 2.24) is 9.97 Å². The van der Waals surface area contributed by atoms with Gasteiger partial charge in [-0.2, -0.15) is 4.98 Å². The molecule has 0 aliphatic carbocycles. The zero-order valence-corrected chi connectivity index (χ0v) is 9.71. The molecule has 0 amide bonds. The van der Waals surface area contributed by atoms with E-state index in [1.54, 1.807) is 25.6 Å². The van der Waals surface area contributed by atoms with Crippen molar-refractivity contribution in [2.75, 3.05) is 31.0 Å². The molecule has 0 spiro atoms. The molecular formula is C9H15N3O2S. The average molecular weight is 229 g/mol. The molecule has 0 aromatic carbocycles. The van der Waals surface area contributed by atoms with E-state index in [9.17, 15) is 4.21 Å². The Morgan fingerprint density at radius 3 is 3.07 bits per heavy atom. The quantitative estimate of drug-likeness (QED) is 0.726. The summed E-state index contributed by atoms with van der Waals surface area (Å²) >= 11 is 0. The van der Waals surface area contributed by atoms with E-state index in [0.29, 0.717) is 24.1 Å². The third-order valence-corrected chi connectivity index (χ3v) is 2.59. The Bertz CT molecular complexity index is 333. The van der Waals surface area contributed by atoms with Crippen molar-refractivity contribution in [3.8, 4) is 5.88 Å². The molecular weight excluding hydrogens is 214 g/mol. The zero-order valence-electron chi connectivity index (χ0n) is 8.90. The monoisotopic (exact) mass is 229 g/mol. The van der Waals surface area contributed by atoms with Gasteiger partial charge in [0, 0.05) is 41.6 Å². The van der Waals surface area contributed by atoms with Crippen molar-refractivity contribution in [2.24, 2.45) is 0 Å². The van der Waals surface area contributed by atoms with Crippen LogP contribution in [0.15, 0.2) is 12.3 Å². The smallest absolute Gasteiger partial charge is 0.225 e. The van der Waals surface area contributed by atoms with Gasteiger partial charge < -0.3 is 10.1 Å². The largest absolute Gasteiger partial charge is 0.481 e. The van der Waals surface area contributed by atoms with Crippen molar-refractivity contribution in [3.63, 3.8) is 0 Å². The molecule has 0 fully saturated rings. The van der Waals surface area contributed by atoms with E-state index in [-0.39, 0.29) is 0 Å². The second-order valence-electron chi connectivity index (χ2n) is 2.98. The summed E-state index contributed by atoms with van der Waals surface area (Å²) in [7, 11) is 0.827. The van der Waals surface area contributed by atoms with Crippen LogP contribution in [-0.2, 0) is 10.8 Å². The third-order valence-electron chi connectivity index (χ3n) is 1.73. The van der Waals surface area contributed by atoms with Crippen LogP contribution in [0.2, 0.25) is 0 Å². The summed E-state index contributed by atoms with van der Waals surface area (Å²) in [6, 6.07) is 1.69. The Morgan fingerprint density at radius 1 is 1.60 bits per heavy atom. The Balaban J connectivity index is 2.33. The molecule has 6 heteroatoms. The molecule has 1 aromatic rings. The van der Waals surface area contributed by atoms with Gasteiger partial charge >= 0.3 is 0 Å². The summed E-state index contributed by atoms with van der Waals surface area (Å²) in [5.74, 6) is 1.76. The van der Waals surface area contributed by atoms with E-state index in [1.165, 1.54) is 0 Å². The van der Waals surface area contributed by atoms with E-state index in [2.05, 4.69) is 15.3 Å². The normalized spacial score (nSPS) is 12.1. The predicted octanol–water partition coefficient (Wildman–Crippen LogP) is 0.666. The number of methoxy groups -OCH3 is 1. The van der Waals surface area contributed by atoms with Crippen molar-refractivity contribution in [2.45, 2.75) is 6.42 Å². The van der Waals surface area contributed by atoms with Crippen molar-refractivity contribution >= 4 is 16.7 Å². The van der Waals surface area contributed by atoms with Crippen LogP contribution in [-0.4, -0.2) is 39.8 Å². The van der Waals surface area contributed by atoms with Gasteiger partial charge in [-0.05, 0) is 6.42 Å². The minimum atomic E-state index is -0.735. The molecule has 1 aromatic heterocycles. The van der Waals surface area contributed by atoms with E-state index < -0.39 is 10.8 Å². The molecule has 0 aliphatic heterocycles. The number of nitrogens with zero attached hydrogens (tertiary/aromatic N) is 2. The maximum atomic E-state index is 10.8. The van der Waals surface area contributed by atoms with Gasteiger partial charge in [-0.25, -0.2) is 4.98 Å². The summed E-state index contributed by atoms with van der Waals surface area (Å²) in [6.07, 6.45) is 4.16. The SMILES string of the molecule is COc1ccnc(NCCCS(C)=O)n1. The molecule has 0 saturated heterocycles. The zero-order chi connectivity index (χ0) is 11.1. The van der Waals surface area contributed by atoms with Crippen LogP contribution in [0.25, 0.3) is 0 Å². The van der Waals surface area contributed by atoms with Gasteiger partial charge in [0.05, 0.1) is 7.11 Å². The number of hydrogen-bond donors (Lipinski definition) is 1. The Hall–Kier alpha value is -1.17. The first kappa shape index (κ1) is 11.9. The number of rotatable bonds is 6. The fraction of sp³-hybridized carbons (Fsp3) is 0.556. The number of nitrogens with one attached hydrogen (secondary N) is 1. The standard InChI is InChI=1S/C9H15N3O2S/c1-14-8-4-6-11-9(12-8)10-5-3-7-15(2)13/h4,6H,3,5,7H2,1-2H3,(H,10,11,12). The maximum Gasteiger partial charge on any atom is 0.225 e. The van der Waals surface area contributed by atoms with Gasteiger partial charge in [0.25, 0.3) is 0 Å². The van der Waals surface area contributed by atoms with Crippen LogP contribution in [0.4, 0.5) is 5.95 Å². The van der Waals surface area contributed by atoms with E-state index in [1.807, 2.05) is 0 Å². The molecule has 5 nitrogen and oxygen atoms in total. The fourth-order valence-electron chi connectivity index (χ4n) is 1.02. The van der Waals surface area contributed by atoms with Crippen molar-refractivity contribution < 1.29 is 8.95 Å². The van der Waals surface area contributed by atoms with Crippen LogP contribution < -0.4 is 10.1 Å². The number of aromatic nitrogens is 2. The summed E-state index contributed by atoms with van der Waals surface area (Å²) in [4.78, 5) is 8.11. The van der Waals surface area contributed by atoms with Crippen LogP contribution in [0.5, 0.6) is 5.88 Å². The third kappa shape index (κ3) is 4.73. The van der Waals surface area contributed by atoms with Gasteiger partial charge in [-0.3, -0.25) is 4.21 Å². The molecule has 15 heavy (non-hydrogen) atoms. The molecule has 0 aliphatic rings. The summed E-state index contributed by atoms with van der Waals surface area (Å²) in [5.41, 5.74) is 0. The van der Waals surface area contributed by atoms with Crippen molar-refractivity contribution in [3.05, 3.63) is 12.3 Å². The highest BCUT2D eigenvalue weighted by Gasteiger charge is 1.98. The van der Waals surface area contributed by atoms with Crippen molar-refractivity contribution in [1.29, 1.82) is 0 Å². The first-order valence-electron chi connectivity index (χ1n) is 4.63. The molecule has 0 saturated carbocycles. The lowest BCUT2D eigenvalue weighted by Gasteiger charge is -2.04. The number of hydrogen-bond acceptors (Lipinski definition) is 5. The Morgan fingerprint density at radius 2 is 2.40 bits per heavy atom. The summed E-state index contributed by atoms with van der Waals surface area (Å²) < 4.78 is 15.7. The lowest BCUT2D eigenvalue weighted by molar-refractivity contribution is 0.397. The number of anilines is 1. The molecule has 1 atom stereocenters. The minimum Gasteiger partial charge on any atom is -0.481 e. The predicted molar refractivity (Wildman–Crippen MR) is 60.6 cm³/mol. The molecule has 1 rings (SSSR count). The van der Waals surface area contributed by atoms with Crippen LogP contribution in [0.1, 0.15) is 6.42 Å². The van der Waals surface area contributed by atoms with E-state index >= 15 is 0 Å². The van der Waals surface area contributed by atoms with Crippen LogP contribution in [0.3, 0.4) is 0 Å². The van der Waals surface area contributed by atoms with E-state index in [4.69, 9.17) is 4.74 Å². The van der Waals surface area contributed by atoms with Gasteiger partial charge in [0.2, 0.25) is 11.8 Å². The summed E-state index contributed by atoms with van der Waals surface area (Å²) in [6.45, 7) is 0.715. The highest BCUT2D eigenvalue weighted by Crippen LogP contribution is 2.06. The second kappa shape index (κ2) is 6.34. The highest BCUT2D eigenvalue weighted by atomic mass is 32.2. The number of ether oxygens (including phenoxy) is 1. The average Bonchev–Trinajstić information content (AvgIpc) is 2.24. The lowest BCUT2D eigenvalue weighted by Crippen LogP contribution is -2.08. The fourth-order valence-corrected chi connectivity index (χ4v) is 1.57. The van der Waals surface area contributed by atoms with Crippen LogP contribution >= 0.6 is 0 Å². The molecule has 1 unspecified atom stereocenters. The van der Waals surface area contributed by atoms with Gasteiger partial charge in [0.1, 0.15) is 0 Å².